The molecule has 1 amide bonds. The zero-order chi connectivity index (χ0) is 19.9. The average Bonchev–Trinajstić information content (AvgIpc) is 3.03. The molecule has 3 aromatic rings. The predicted molar refractivity (Wildman–Crippen MR) is 114 cm³/mol. The molecule has 0 radical (unpaired) electrons. The van der Waals surface area contributed by atoms with E-state index in [0.29, 0.717) is 13.1 Å². The molecule has 0 aliphatic carbocycles. The monoisotopic (exact) mass is 375 g/mol. The lowest BCUT2D eigenvalue weighted by Gasteiger charge is -2.14. The van der Waals surface area contributed by atoms with Crippen molar-refractivity contribution in [1.82, 2.24) is 9.88 Å². The summed E-state index contributed by atoms with van der Waals surface area (Å²) >= 11 is 0. The average molecular weight is 376 g/mol. The second-order valence-corrected chi connectivity index (χ2v) is 7.18. The van der Waals surface area contributed by atoms with Crippen LogP contribution >= 0.6 is 0 Å². The molecule has 0 aliphatic heterocycles. The molecule has 28 heavy (non-hydrogen) atoms. The molecule has 0 fully saturated rings. The van der Waals surface area contributed by atoms with Crippen LogP contribution in [0.3, 0.4) is 0 Å². The van der Waals surface area contributed by atoms with Crippen LogP contribution in [0.5, 0.6) is 0 Å². The van der Waals surface area contributed by atoms with Crippen LogP contribution in [0.1, 0.15) is 51.8 Å². The number of nitrogens with one attached hydrogen (secondary N) is 1. The van der Waals surface area contributed by atoms with Gasteiger partial charge in [-0.1, -0.05) is 61.5 Å². The highest BCUT2D eigenvalue weighted by Crippen LogP contribution is 2.20. The second kappa shape index (κ2) is 9.38. The quantitative estimate of drug-likeness (QED) is 0.620. The first kappa shape index (κ1) is 19.9. The fourth-order valence-electron chi connectivity index (χ4n) is 3.48. The summed E-state index contributed by atoms with van der Waals surface area (Å²) in [5.41, 5.74) is 12.2. The molecule has 1 heterocycles. The molecule has 0 unspecified atom stereocenters. The maximum Gasteiger partial charge on any atom is 0.268 e. The first-order valence-electron chi connectivity index (χ1n) is 9.91. The summed E-state index contributed by atoms with van der Waals surface area (Å²) in [4.78, 5) is 12.9. The number of nitrogens with zero attached hydrogens (tertiary/aromatic N) is 1. The van der Waals surface area contributed by atoms with Crippen molar-refractivity contribution < 1.29 is 4.79 Å². The van der Waals surface area contributed by atoms with Gasteiger partial charge in [-0.3, -0.25) is 4.79 Å². The number of nitrogens with two attached hydrogens (primary N) is 1. The molecule has 3 rings (SSSR count). The van der Waals surface area contributed by atoms with Crippen LogP contribution in [0.15, 0.2) is 60.7 Å². The molecule has 4 heteroatoms. The van der Waals surface area contributed by atoms with E-state index in [2.05, 4.69) is 48.0 Å². The van der Waals surface area contributed by atoms with Gasteiger partial charge in [0.05, 0.1) is 0 Å². The zero-order valence-electron chi connectivity index (χ0n) is 16.7. The molecule has 1 aromatic heterocycles. The lowest BCUT2D eigenvalue weighted by Crippen LogP contribution is -2.26. The lowest BCUT2D eigenvalue weighted by molar-refractivity contribution is 0.0941. The third-order valence-corrected chi connectivity index (χ3v) is 5.03. The highest BCUT2D eigenvalue weighted by molar-refractivity contribution is 5.93. The minimum atomic E-state index is -0.0289. The van der Waals surface area contributed by atoms with Gasteiger partial charge in [-0.05, 0) is 41.7 Å². The van der Waals surface area contributed by atoms with Crippen molar-refractivity contribution in [3.05, 3.63) is 94.3 Å². The zero-order valence-corrected chi connectivity index (χ0v) is 16.7. The third kappa shape index (κ3) is 4.70. The van der Waals surface area contributed by atoms with Crippen LogP contribution < -0.4 is 11.1 Å². The standard InChI is InChI=1S/C24H29N3O/c1-3-13-27-22(15-19-7-5-4-6-8-19)18(2)14-23(27)24(28)26-17-21-11-9-20(16-25)10-12-21/h4-12,14H,3,13,15-17,25H2,1-2H3,(H,26,28). The van der Waals surface area contributed by atoms with E-state index in [4.69, 9.17) is 5.73 Å². The normalized spacial score (nSPS) is 10.8. The fourth-order valence-corrected chi connectivity index (χ4v) is 3.48. The van der Waals surface area contributed by atoms with E-state index < -0.39 is 0 Å². The summed E-state index contributed by atoms with van der Waals surface area (Å²) in [6.07, 6.45) is 1.82. The van der Waals surface area contributed by atoms with Crippen LogP contribution in [0.4, 0.5) is 0 Å². The van der Waals surface area contributed by atoms with E-state index in [1.54, 1.807) is 0 Å². The van der Waals surface area contributed by atoms with E-state index >= 15 is 0 Å². The third-order valence-electron chi connectivity index (χ3n) is 5.03. The Balaban J connectivity index is 1.77. The van der Waals surface area contributed by atoms with Crippen molar-refractivity contribution in [2.45, 2.75) is 46.3 Å². The van der Waals surface area contributed by atoms with E-state index in [-0.39, 0.29) is 5.91 Å². The van der Waals surface area contributed by atoms with Gasteiger partial charge in [-0.2, -0.15) is 0 Å². The van der Waals surface area contributed by atoms with Crippen molar-refractivity contribution >= 4 is 5.91 Å². The van der Waals surface area contributed by atoms with E-state index in [0.717, 1.165) is 41.8 Å². The molecule has 0 saturated heterocycles. The second-order valence-electron chi connectivity index (χ2n) is 7.18. The van der Waals surface area contributed by atoms with Crippen LogP contribution in [0, 0.1) is 6.92 Å². The summed E-state index contributed by atoms with van der Waals surface area (Å²) < 4.78 is 2.18. The fraction of sp³-hybridized carbons (Fsp3) is 0.292. The lowest BCUT2D eigenvalue weighted by atomic mass is 10.1. The number of aromatic nitrogens is 1. The minimum Gasteiger partial charge on any atom is -0.347 e. The van der Waals surface area contributed by atoms with Crippen molar-refractivity contribution in [3.63, 3.8) is 0 Å². The Morgan fingerprint density at radius 2 is 1.68 bits per heavy atom. The molecular weight excluding hydrogens is 346 g/mol. The Kier molecular flexibility index (Phi) is 6.66. The molecular formula is C24H29N3O. The summed E-state index contributed by atoms with van der Waals surface area (Å²) in [6, 6.07) is 20.5. The smallest absolute Gasteiger partial charge is 0.268 e. The van der Waals surface area contributed by atoms with Crippen molar-refractivity contribution in [3.8, 4) is 0 Å². The molecule has 0 spiro atoms. The highest BCUT2D eigenvalue weighted by Gasteiger charge is 2.18. The molecule has 0 aliphatic rings. The maximum atomic E-state index is 12.9. The Labute approximate surface area is 167 Å². The Bertz CT molecular complexity index is 911. The number of amides is 1. The van der Waals surface area contributed by atoms with Gasteiger partial charge in [0.2, 0.25) is 0 Å². The van der Waals surface area contributed by atoms with Gasteiger partial charge in [0, 0.05) is 31.7 Å². The number of benzene rings is 2. The maximum absolute atomic E-state index is 12.9. The molecule has 2 aromatic carbocycles. The Morgan fingerprint density at radius 1 is 1.00 bits per heavy atom. The highest BCUT2D eigenvalue weighted by atomic mass is 16.1. The number of hydrogen-bond donors (Lipinski definition) is 2. The summed E-state index contributed by atoms with van der Waals surface area (Å²) in [7, 11) is 0. The summed E-state index contributed by atoms with van der Waals surface area (Å²) in [5, 5.41) is 3.06. The van der Waals surface area contributed by atoms with E-state index in [9.17, 15) is 4.79 Å². The van der Waals surface area contributed by atoms with Gasteiger partial charge in [0.1, 0.15) is 5.69 Å². The number of carbonyl (C=O) groups excluding carboxylic acids is 1. The van der Waals surface area contributed by atoms with Gasteiger partial charge in [-0.15, -0.1) is 0 Å². The van der Waals surface area contributed by atoms with Crippen molar-refractivity contribution in [1.29, 1.82) is 0 Å². The Hall–Kier alpha value is -2.85. The largest absolute Gasteiger partial charge is 0.347 e. The van der Waals surface area contributed by atoms with Gasteiger partial charge in [0.15, 0.2) is 0 Å². The molecule has 0 saturated carbocycles. The van der Waals surface area contributed by atoms with Gasteiger partial charge >= 0.3 is 0 Å². The van der Waals surface area contributed by atoms with Gasteiger partial charge in [0.25, 0.3) is 5.91 Å². The van der Waals surface area contributed by atoms with E-state index in [1.807, 2.05) is 36.4 Å². The van der Waals surface area contributed by atoms with Crippen molar-refractivity contribution in [2.24, 2.45) is 5.73 Å². The summed E-state index contributed by atoms with van der Waals surface area (Å²) in [6.45, 7) is 6.10. The molecule has 3 N–H and O–H groups in total. The van der Waals surface area contributed by atoms with Crippen molar-refractivity contribution in [2.75, 3.05) is 0 Å². The Morgan fingerprint density at radius 3 is 2.32 bits per heavy atom. The SMILES string of the molecule is CCCn1c(C(=O)NCc2ccc(CN)cc2)cc(C)c1Cc1ccccc1. The van der Waals surface area contributed by atoms with Gasteiger partial charge in [-0.25, -0.2) is 0 Å². The van der Waals surface area contributed by atoms with Gasteiger partial charge < -0.3 is 15.6 Å². The summed E-state index contributed by atoms with van der Waals surface area (Å²) in [5.74, 6) is -0.0289. The minimum absolute atomic E-state index is 0.0289. The number of hydrogen-bond acceptors (Lipinski definition) is 2. The molecule has 146 valence electrons. The first-order chi connectivity index (χ1) is 13.6. The number of carbonyl (C=O) groups is 1. The van der Waals surface area contributed by atoms with Crippen LogP contribution in [-0.4, -0.2) is 10.5 Å². The first-order valence-corrected chi connectivity index (χ1v) is 9.91. The predicted octanol–water partition coefficient (Wildman–Crippen LogP) is 4.19. The molecule has 0 atom stereocenters. The molecule has 0 bridgehead atoms. The van der Waals surface area contributed by atoms with E-state index in [1.165, 1.54) is 11.3 Å². The van der Waals surface area contributed by atoms with Crippen LogP contribution in [-0.2, 0) is 26.1 Å². The topological polar surface area (TPSA) is 60.0 Å². The number of rotatable bonds is 8. The number of aryl methyl sites for hydroxylation is 1. The molecule has 4 nitrogen and oxygen atoms in total. The van der Waals surface area contributed by atoms with Crippen LogP contribution in [0.25, 0.3) is 0 Å². The van der Waals surface area contributed by atoms with Crippen LogP contribution in [0.2, 0.25) is 0 Å².